The fourth-order valence-corrected chi connectivity index (χ4v) is 4.88. The molecule has 0 saturated heterocycles. The first-order chi connectivity index (χ1) is 16.0. The highest BCUT2D eigenvalue weighted by Crippen LogP contribution is 2.35. The van der Waals surface area contributed by atoms with Crippen LogP contribution in [0.5, 0.6) is 0 Å². The SMILES string of the molecule is CN(C)C1=CC=NC(N)(C2CCC(CNCC=C(c3ccccc3)c3ccccc3)CC2)N1. The number of hydrogen-bond acceptors (Lipinski definition) is 5. The summed E-state index contributed by atoms with van der Waals surface area (Å²) in [6.45, 7) is 1.90. The van der Waals surface area contributed by atoms with Crippen LogP contribution in [-0.4, -0.2) is 44.1 Å². The summed E-state index contributed by atoms with van der Waals surface area (Å²) in [4.78, 5) is 6.66. The lowest BCUT2D eigenvalue weighted by Gasteiger charge is -2.42. The highest BCUT2D eigenvalue weighted by Gasteiger charge is 2.38. The van der Waals surface area contributed by atoms with Gasteiger partial charge in [-0.05, 0) is 60.9 Å². The molecule has 2 aliphatic rings. The van der Waals surface area contributed by atoms with Gasteiger partial charge in [-0.3, -0.25) is 10.7 Å². The molecule has 1 atom stereocenters. The number of aliphatic imine (C=N–C) groups is 1. The fraction of sp³-hybridized carbons (Fsp3) is 0.393. The molecule has 5 nitrogen and oxygen atoms in total. The van der Waals surface area contributed by atoms with Crippen molar-refractivity contribution in [2.24, 2.45) is 22.6 Å². The summed E-state index contributed by atoms with van der Waals surface area (Å²) in [5.74, 6) is 1.38. The Hall–Kier alpha value is -2.89. The summed E-state index contributed by atoms with van der Waals surface area (Å²) in [5.41, 5.74) is 10.5. The highest BCUT2D eigenvalue weighted by molar-refractivity contribution is 5.79. The van der Waals surface area contributed by atoms with E-state index in [-0.39, 0.29) is 0 Å². The molecule has 2 aromatic rings. The second-order valence-corrected chi connectivity index (χ2v) is 9.40. The predicted octanol–water partition coefficient (Wildman–Crippen LogP) is 4.20. The topological polar surface area (TPSA) is 65.7 Å². The minimum absolute atomic E-state index is 0.358. The zero-order chi connectivity index (χ0) is 23.1. The minimum Gasteiger partial charge on any atom is -0.364 e. The summed E-state index contributed by atoms with van der Waals surface area (Å²) in [6, 6.07) is 21.3. The van der Waals surface area contributed by atoms with Gasteiger partial charge >= 0.3 is 0 Å². The quantitative estimate of drug-likeness (QED) is 0.535. The second-order valence-electron chi connectivity index (χ2n) is 9.40. The number of nitrogens with two attached hydrogens (primary N) is 1. The third-order valence-electron chi connectivity index (χ3n) is 6.85. The van der Waals surface area contributed by atoms with E-state index in [0.29, 0.717) is 11.8 Å². The van der Waals surface area contributed by atoms with Crippen molar-refractivity contribution in [3.8, 4) is 0 Å². The maximum atomic E-state index is 6.67. The lowest BCUT2D eigenvalue weighted by molar-refractivity contribution is 0.146. The monoisotopic (exact) mass is 443 g/mol. The van der Waals surface area contributed by atoms with Crippen LogP contribution in [0, 0.1) is 11.8 Å². The van der Waals surface area contributed by atoms with Gasteiger partial charge in [-0.25, -0.2) is 0 Å². The molecule has 1 aliphatic heterocycles. The van der Waals surface area contributed by atoms with Crippen molar-refractivity contribution in [1.82, 2.24) is 15.5 Å². The Labute approximate surface area is 198 Å². The van der Waals surface area contributed by atoms with Crippen LogP contribution in [0.4, 0.5) is 0 Å². The van der Waals surface area contributed by atoms with Gasteiger partial charge in [-0.1, -0.05) is 66.7 Å². The Morgan fingerprint density at radius 3 is 2.21 bits per heavy atom. The molecular weight excluding hydrogens is 406 g/mol. The largest absolute Gasteiger partial charge is 0.364 e. The third-order valence-corrected chi connectivity index (χ3v) is 6.85. The average Bonchev–Trinajstić information content (AvgIpc) is 2.85. The van der Waals surface area contributed by atoms with Crippen LogP contribution >= 0.6 is 0 Å². The van der Waals surface area contributed by atoms with Crippen molar-refractivity contribution in [1.29, 1.82) is 0 Å². The zero-order valence-corrected chi connectivity index (χ0v) is 19.9. The molecule has 174 valence electrons. The van der Waals surface area contributed by atoms with E-state index < -0.39 is 5.79 Å². The minimum atomic E-state index is -0.685. The molecule has 2 aromatic carbocycles. The summed E-state index contributed by atoms with van der Waals surface area (Å²) >= 11 is 0. The molecule has 33 heavy (non-hydrogen) atoms. The van der Waals surface area contributed by atoms with Crippen molar-refractivity contribution in [3.63, 3.8) is 0 Å². The van der Waals surface area contributed by atoms with Gasteiger partial charge in [0.05, 0.1) is 0 Å². The van der Waals surface area contributed by atoms with Crippen molar-refractivity contribution in [3.05, 3.63) is 89.8 Å². The van der Waals surface area contributed by atoms with Gasteiger partial charge < -0.3 is 15.5 Å². The second kappa shape index (κ2) is 10.8. The van der Waals surface area contributed by atoms with E-state index in [1.165, 1.54) is 29.5 Å². The average molecular weight is 444 g/mol. The lowest BCUT2D eigenvalue weighted by atomic mass is 9.78. The van der Waals surface area contributed by atoms with Crippen molar-refractivity contribution in [2.45, 2.75) is 31.5 Å². The number of hydrogen-bond donors (Lipinski definition) is 3. The number of benzene rings is 2. The molecule has 5 heteroatoms. The van der Waals surface area contributed by atoms with E-state index in [1.807, 2.05) is 26.4 Å². The van der Waals surface area contributed by atoms with Gasteiger partial charge in [0.15, 0.2) is 5.79 Å². The smallest absolute Gasteiger partial charge is 0.186 e. The van der Waals surface area contributed by atoms with Gasteiger partial charge in [0.2, 0.25) is 0 Å². The van der Waals surface area contributed by atoms with E-state index in [2.05, 4.69) is 87.3 Å². The molecule has 1 aliphatic carbocycles. The number of nitrogens with zero attached hydrogens (tertiary/aromatic N) is 2. The van der Waals surface area contributed by atoms with Gasteiger partial charge in [-0.2, -0.15) is 0 Å². The van der Waals surface area contributed by atoms with Gasteiger partial charge in [0.25, 0.3) is 0 Å². The maximum absolute atomic E-state index is 6.67. The van der Waals surface area contributed by atoms with Gasteiger partial charge in [-0.15, -0.1) is 0 Å². The molecule has 1 fully saturated rings. The van der Waals surface area contributed by atoms with E-state index in [9.17, 15) is 0 Å². The first kappa shape index (κ1) is 23.3. The van der Waals surface area contributed by atoms with Gasteiger partial charge in [0, 0.05) is 32.8 Å². The molecular formula is C28H37N5. The Kier molecular flexibility index (Phi) is 7.63. The third kappa shape index (κ3) is 5.92. The van der Waals surface area contributed by atoms with Crippen molar-refractivity contribution in [2.75, 3.05) is 27.2 Å². The molecule has 4 rings (SSSR count). The summed E-state index contributed by atoms with van der Waals surface area (Å²) in [7, 11) is 4.05. The Balaban J connectivity index is 1.29. The van der Waals surface area contributed by atoms with Crippen LogP contribution in [0.1, 0.15) is 36.8 Å². The summed E-state index contributed by atoms with van der Waals surface area (Å²) < 4.78 is 0. The molecule has 4 N–H and O–H groups in total. The standard InChI is InChI=1S/C28H37N5/c1-33(2)27-18-20-31-28(29,32-27)25-15-13-22(14-16-25)21-30-19-17-26(23-9-5-3-6-10-23)24-11-7-4-8-12-24/h3-12,17-18,20,22,25,30,32H,13-16,19,21,29H2,1-2H3. The van der Waals surface area contributed by atoms with E-state index in [4.69, 9.17) is 5.73 Å². The van der Waals surface area contributed by atoms with Crippen LogP contribution in [-0.2, 0) is 0 Å². The molecule has 0 radical (unpaired) electrons. The van der Waals surface area contributed by atoms with Crippen LogP contribution in [0.25, 0.3) is 5.57 Å². The van der Waals surface area contributed by atoms with Crippen LogP contribution in [0.3, 0.4) is 0 Å². The molecule has 1 heterocycles. The Bertz CT molecular complexity index is 930. The van der Waals surface area contributed by atoms with E-state index in [0.717, 1.165) is 31.8 Å². The van der Waals surface area contributed by atoms with Gasteiger partial charge in [0.1, 0.15) is 5.82 Å². The molecule has 0 bridgehead atoms. The van der Waals surface area contributed by atoms with Crippen molar-refractivity contribution >= 4 is 11.8 Å². The summed E-state index contributed by atoms with van der Waals surface area (Å²) in [6.07, 6.45) is 10.7. The van der Waals surface area contributed by atoms with Crippen molar-refractivity contribution < 1.29 is 0 Å². The lowest BCUT2D eigenvalue weighted by Crippen LogP contribution is -2.60. The normalized spacial score (nSPS) is 24.5. The van der Waals surface area contributed by atoms with Crippen LogP contribution in [0.15, 0.2) is 83.6 Å². The molecule has 1 saturated carbocycles. The van der Waals surface area contributed by atoms with E-state index >= 15 is 0 Å². The molecule has 0 aromatic heterocycles. The van der Waals surface area contributed by atoms with E-state index in [1.54, 1.807) is 0 Å². The Morgan fingerprint density at radius 2 is 1.64 bits per heavy atom. The maximum Gasteiger partial charge on any atom is 0.186 e. The number of nitrogens with one attached hydrogen (secondary N) is 2. The Morgan fingerprint density at radius 1 is 1.03 bits per heavy atom. The number of rotatable bonds is 8. The molecule has 0 amide bonds. The highest BCUT2D eigenvalue weighted by atomic mass is 15.3. The molecule has 0 spiro atoms. The predicted molar refractivity (Wildman–Crippen MR) is 139 cm³/mol. The zero-order valence-electron chi connectivity index (χ0n) is 19.9. The first-order valence-electron chi connectivity index (χ1n) is 12.1. The number of allylic oxidation sites excluding steroid dienone is 1. The van der Waals surface area contributed by atoms with Crippen LogP contribution in [0.2, 0.25) is 0 Å². The fourth-order valence-electron chi connectivity index (χ4n) is 4.88. The molecule has 1 unspecified atom stereocenters. The summed E-state index contributed by atoms with van der Waals surface area (Å²) in [5, 5.41) is 7.14. The first-order valence-corrected chi connectivity index (χ1v) is 12.1. The van der Waals surface area contributed by atoms with Crippen LogP contribution < -0.4 is 16.4 Å².